The lowest BCUT2D eigenvalue weighted by atomic mass is 9.96. The number of carbonyl (C=O) groups is 1. The third-order valence-corrected chi connectivity index (χ3v) is 3.72. The molecule has 2 nitrogen and oxygen atoms in total. The number of aromatic nitrogens is 1. The number of hydrogen-bond acceptors (Lipinski definition) is 1. The van der Waals surface area contributed by atoms with Crippen molar-refractivity contribution in [2.45, 2.75) is 26.2 Å². The molecule has 0 fully saturated rings. The highest BCUT2D eigenvalue weighted by molar-refractivity contribution is 5.98. The van der Waals surface area contributed by atoms with Gasteiger partial charge in [0.1, 0.15) is 5.69 Å². The van der Waals surface area contributed by atoms with Gasteiger partial charge in [-0.2, -0.15) is 0 Å². The Morgan fingerprint density at radius 3 is 2.24 bits per heavy atom. The summed E-state index contributed by atoms with van der Waals surface area (Å²) in [6, 6.07) is 1.67. The molecule has 1 aromatic heterocycles. The van der Waals surface area contributed by atoms with Crippen LogP contribution in [0.3, 0.4) is 0 Å². The van der Waals surface area contributed by atoms with E-state index in [1.54, 1.807) is 0 Å². The van der Waals surface area contributed by atoms with Crippen molar-refractivity contribution in [3.05, 3.63) is 52.4 Å². The molecule has 21 heavy (non-hydrogen) atoms. The highest BCUT2D eigenvalue weighted by Crippen LogP contribution is 2.31. The van der Waals surface area contributed by atoms with E-state index in [2.05, 4.69) is 0 Å². The average Bonchev–Trinajstić information content (AvgIpc) is 2.76. The van der Waals surface area contributed by atoms with E-state index in [1.807, 2.05) is 0 Å². The molecule has 0 spiro atoms. The standard InChI is InChI=1S/C15H11F4NO/c1-7-5-8-11(3-2-4-12(8)21)20(7)15-13(18)9(16)6-10(17)14(15)19/h5-6H,2-4H2,1H3. The van der Waals surface area contributed by atoms with Crippen molar-refractivity contribution in [2.24, 2.45) is 0 Å². The van der Waals surface area contributed by atoms with Crippen LogP contribution in [0.25, 0.3) is 5.69 Å². The van der Waals surface area contributed by atoms with Gasteiger partial charge in [0.25, 0.3) is 0 Å². The Bertz CT molecular complexity index is 738. The fourth-order valence-corrected chi connectivity index (χ4v) is 2.80. The van der Waals surface area contributed by atoms with Gasteiger partial charge >= 0.3 is 0 Å². The first kappa shape index (κ1) is 13.9. The van der Waals surface area contributed by atoms with Crippen LogP contribution in [0.1, 0.15) is 34.6 Å². The summed E-state index contributed by atoms with van der Waals surface area (Å²) < 4.78 is 55.8. The first-order valence-corrected chi connectivity index (χ1v) is 6.49. The average molecular weight is 297 g/mol. The van der Waals surface area contributed by atoms with Gasteiger partial charge in [-0.1, -0.05) is 0 Å². The van der Waals surface area contributed by atoms with Crippen LogP contribution >= 0.6 is 0 Å². The van der Waals surface area contributed by atoms with Gasteiger partial charge in [0, 0.05) is 29.4 Å². The van der Waals surface area contributed by atoms with Crippen molar-refractivity contribution < 1.29 is 22.4 Å². The number of nitrogens with zero attached hydrogens (tertiary/aromatic N) is 1. The van der Waals surface area contributed by atoms with E-state index >= 15 is 0 Å². The second-order valence-electron chi connectivity index (χ2n) is 5.08. The molecule has 110 valence electrons. The predicted molar refractivity (Wildman–Crippen MR) is 67.6 cm³/mol. The molecule has 0 bridgehead atoms. The van der Waals surface area contributed by atoms with E-state index in [9.17, 15) is 22.4 Å². The Labute approximate surface area is 118 Å². The zero-order chi connectivity index (χ0) is 15.3. The van der Waals surface area contributed by atoms with Crippen LogP contribution in [0.4, 0.5) is 17.6 Å². The monoisotopic (exact) mass is 297 g/mol. The number of ketones is 1. The van der Waals surface area contributed by atoms with Gasteiger partial charge in [0.15, 0.2) is 29.1 Å². The van der Waals surface area contributed by atoms with Crippen molar-refractivity contribution in [2.75, 3.05) is 0 Å². The summed E-state index contributed by atoms with van der Waals surface area (Å²) in [5.41, 5.74) is 0.313. The van der Waals surface area contributed by atoms with E-state index in [1.165, 1.54) is 13.0 Å². The first-order chi connectivity index (χ1) is 9.91. The highest BCUT2D eigenvalue weighted by Gasteiger charge is 2.28. The number of hydrogen-bond donors (Lipinski definition) is 0. The van der Waals surface area contributed by atoms with Crippen LogP contribution in [0, 0.1) is 30.2 Å². The van der Waals surface area contributed by atoms with Crippen molar-refractivity contribution in [1.82, 2.24) is 4.57 Å². The quantitative estimate of drug-likeness (QED) is 0.578. The van der Waals surface area contributed by atoms with Gasteiger partial charge in [-0.3, -0.25) is 4.79 Å². The summed E-state index contributed by atoms with van der Waals surface area (Å²) in [5, 5.41) is 0. The van der Waals surface area contributed by atoms with Gasteiger partial charge in [-0.15, -0.1) is 0 Å². The molecular weight excluding hydrogens is 286 g/mol. The Kier molecular flexibility index (Phi) is 3.11. The van der Waals surface area contributed by atoms with E-state index < -0.39 is 29.0 Å². The number of halogens is 4. The minimum atomic E-state index is -1.46. The molecule has 2 aromatic rings. The zero-order valence-electron chi connectivity index (χ0n) is 11.1. The lowest BCUT2D eigenvalue weighted by Gasteiger charge is -2.17. The smallest absolute Gasteiger partial charge is 0.186 e. The van der Waals surface area contributed by atoms with E-state index in [0.29, 0.717) is 36.2 Å². The summed E-state index contributed by atoms with van der Waals surface area (Å²) in [5.74, 6) is -5.99. The van der Waals surface area contributed by atoms with Crippen molar-refractivity contribution >= 4 is 5.78 Å². The van der Waals surface area contributed by atoms with Crippen molar-refractivity contribution in [1.29, 1.82) is 0 Å². The molecule has 0 aliphatic heterocycles. The van der Waals surface area contributed by atoms with Crippen LogP contribution in [-0.2, 0) is 6.42 Å². The molecule has 6 heteroatoms. The number of aryl methyl sites for hydroxylation is 1. The number of Topliss-reactive ketones (excluding diaryl/α,β-unsaturated/α-hetero) is 1. The molecule has 1 aromatic carbocycles. The zero-order valence-corrected chi connectivity index (χ0v) is 11.1. The highest BCUT2D eigenvalue weighted by atomic mass is 19.2. The van der Waals surface area contributed by atoms with Crippen LogP contribution < -0.4 is 0 Å². The second kappa shape index (κ2) is 4.72. The van der Waals surface area contributed by atoms with Crippen LogP contribution in [-0.4, -0.2) is 10.4 Å². The fourth-order valence-electron chi connectivity index (χ4n) is 2.80. The third-order valence-electron chi connectivity index (χ3n) is 3.72. The molecule has 0 unspecified atom stereocenters. The van der Waals surface area contributed by atoms with Crippen LogP contribution in [0.2, 0.25) is 0 Å². The van der Waals surface area contributed by atoms with Gasteiger partial charge in [-0.05, 0) is 25.8 Å². The largest absolute Gasteiger partial charge is 0.312 e. The summed E-state index contributed by atoms with van der Waals surface area (Å²) in [4.78, 5) is 11.8. The lowest BCUT2D eigenvalue weighted by molar-refractivity contribution is 0.0972. The molecule has 0 saturated heterocycles. The molecule has 0 radical (unpaired) electrons. The maximum Gasteiger partial charge on any atom is 0.186 e. The van der Waals surface area contributed by atoms with E-state index in [0.717, 1.165) is 4.57 Å². The van der Waals surface area contributed by atoms with Crippen molar-refractivity contribution in [3.8, 4) is 5.69 Å². The Hall–Kier alpha value is -2.11. The molecule has 0 N–H and O–H groups in total. The third kappa shape index (κ3) is 1.97. The summed E-state index contributed by atoms with van der Waals surface area (Å²) in [6.07, 6.45) is 1.32. The Balaban J connectivity index is 2.35. The van der Waals surface area contributed by atoms with Gasteiger partial charge < -0.3 is 4.57 Å². The topological polar surface area (TPSA) is 22.0 Å². The lowest BCUT2D eigenvalue weighted by Crippen LogP contribution is -2.15. The molecule has 1 aliphatic carbocycles. The number of benzene rings is 1. The normalized spacial score (nSPS) is 14.4. The molecule has 0 saturated carbocycles. The molecule has 1 heterocycles. The molecule has 0 amide bonds. The summed E-state index contributed by atoms with van der Waals surface area (Å²) in [7, 11) is 0. The Morgan fingerprint density at radius 2 is 1.62 bits per heavy atom. The van der Waals surface area contributed by atoms with Crippen LogP contribution in [0.5, 0.6) is 0 Å². The van der Waals surface area contributed by atoms with Crippen LogP contribution in [0.15, 0.2) is 12.1 Å². The fraction of sp³-hybridized carbons (Fsp3) is 0.267. The predicted octanol–water partition coefficient (Wildman–Crippen LogP) is 3.86. The number of carbonyl (C=O) groups excluding carboxylic acids is 1. The second-order valence-corrected chi connectivity index (χ2v) is 5.08. The van der Waals surface area contributed by atoms with Gasteiger partial charge in [0.2, 0.25) is 0 Å². The molecular formula is C15H11F4NO. The number of fused-ring (bicyclic) bond motifs is 1. The summed E-state index contributed by atoms with van der Waals surface area (Å²) in [6.45, 7) is 1.54. The number of rotatable bonds is 1. The van der Waals surface area contributed by atoms with E-state index in [4.69, 9.17) is 0 Å². The minimum Gasteiger partial charge on any atom is -0.312 e. The molecule has 0 atom stereocenters. The minimum absolute atomic E-state index is 0.129. The van der Waals surface area contributed by atoms with E-state index in [-0.39, 0.29) is 11.8 Å². The Morgan fingerprint density at radius 1 is 1.00 bits per heavy atom. The molecule has 1 aliphatic rings. The SMILES string of the molecule is Cc1cc2c(n1-c1c(F)c(F)cc(F)c1F)CCCC2=O. The van der Waals surface area contributed by atoms with Crippen molar-refractivity contribution in [3.63, 3.8) is 0 Å². The molecule has 3 rings (SSSR count). The summed E-state index contributed by atoms with van der Waals surface area (Å²) >= 11 is 0. The van der Waals surface area contributed by atoms with Gasteiger partial charge in [0.05, 0.1) is 0 Å². The van der Waals surface area contributed by atoms with Gasteiger partial charge in [-0.25, -0.2) is 17.6 Å². The maximum atomic E-state index is 14.0. The maximum absolute atomic E-state index is 14.0. The first-order valence-electron chi connectivity index (χ1n) is 6.49.